The number of carbonyl (C=O) groups is 2. The molecule has 4 nitrogen and oxygen atoms in total. The van der Waals surface area contributed by atoms with Gasteiger partial charge in [0.05, 0.1) is 5.02 Å². The largest absolute Gasteiger partial charge is 0.489 e. The molecule has 0 fully saturated rings. The van der Waals surface area contributed by atoms with E-state index in [1.807, 2.05) is 12.1 Å². The zero-order valence-electron chi connectivity index (χ0n) is 21.1. The second-order valence-electron chi connectivity index (χ2n) is 11.8. The van der Waals surface area contributed by atoms with Crippen LogP contribution in [0.1, 0.15) is 70.4 Å². The van der Waals surface area contributed by atoms with E-state index in [1.54, 1.807) is 24.3 Å². The summed E-state index contributed by atoms with van der Waals surface area (Å²) in [7, 11) is 0. The number of carbonyl (C=O) groups excluding carboxylic acids is 2. The first kappa shape index (κ1) is 24.8. The minimum Gasteiger partial charge on any atom is -0.489 e. The van der Waals surface area contributed by atoms with Crippen LogP contribution < -0.4 is 10.1 Å². The highest BCUT2D eigenvalue weighted by Crippen LogP contribution is 2.51. The first-order valence-electron chi connectivity index (χ1n) is 12.4. The molecule has 1 aliphatic heterocycles. The van der Waals surface area contributed by atoms with Gasteiger partial charge in [0, 0.05) is 46.9 Å². The number of rotatable bonds is 4. The Morgan fingerprint density at radius 2 is 1.44 bits per heavy atom. The van der Waals surface area contributed by atoms with E-state index in [0.29, 0.717) is 40.3 Å². The highest BCUT2D eigenvalue weighted by atomic mass is 35.5. The van der Waals surface area contributed by atoms with Gasteiger partial charge in [-0.15, -0.1) is 0 Å². The molecule has 6 heteroatoms. The number of halogens is 2. The van der Waals surface area contributed by atoms with Crippen molar-refractivity contribution in [2.24, 2.45) is 10.8 Å². The van der Waals surface area contributed by atoms with E-state index >= 15 is 0 Å². The topological polar surface area (TPSA) is 55.4 Å². The average Bonchev–Trinajstić information content (AvgIpc) is 2.76. The highest BCUT2D eigenvalue weighted by Gasteiger charge is 2.46. The Balaban J connectivity index is 1.50. The second-order valence-corrected chi connectivity index (χ2v) is 12.2. The zero-order valence-corrected chi connectivity index (χ0v) is 21.9. The summed E-state index contributed by atoms with van der Waals surface area (Å²) in [6.45, 7) is 8.45. The van der Waals surface area contributed by atoms with E-state index in [2.05, 4.69) is 33.0 Å². The Hall–Kier alpha value is -2.92. The normalized spacial score (nSPS) is 21.2. The third-order valence-corrected chi connectivity index (χ3v) is 7.73. The first-order valence-corrected chi connectivity index (χ1v) is 12.8. The van der Waals surface area contributed by atoms with Gasteiger partial charge >= 0.3 is 0 Å². The van der Waals surface area contributed by atoms with Crippen LogP contribution in [0, 0.1) is 16.6 Å². The summed E-state index contributed by atoms with van der Waals surface area (Å²) in [5.41, 5.74) is 4.24. The molecule has 2 aromatic rings. The smallest absolute Gasteiger partial charge is 0.162 e. The number of hydrogen-bond donors (Lipinski definition) is 1. The number of allylic oxidation sites excluding steroid dienone is 4. The molecule has 0 aromatic heterocycles. The Morgan fingerprint density at radius 1 is 0.889 bits per heavy atom. The summed E-state index contributed by atoms with van der Waals surface area (Å²) >= 11 is 6.12. The van der Waals surface area contributed by atoms with Gasteiger partial charge in [-0.2, -0.15) is 0 Å². The van der Waals surface area contributed by atoms with Gasteiger partial charge < -0.3 is 10.1 Å². The van der Waals surface area contributed by atoms with E-state index in [4.69, 9.17) is 16.3 Å². The summed E-state index contributed by atoms with van der Waals surface area (Å²) in [6.07, 6.45) is 2.44. The van der Waals surface area contributed by atoms with Crippen molar-refractivity contribution in [2.75, 3.05) is 0 Å². The highest BCUT2D eigenvalue weighted by molar-refractivity contribution is 6.31. The van der Waals surface area contributed by atoms with Crippen molar-refractivity contribution in [2.45, 2.75) is 65.9 Å². The molecule has 1 heterocycles. The lowest BCUT2D eigenvalue weighted by Crippen LogP contribution is -2.42. The second kappa shape index (κ2) is 8.88. The molecule has 0 unspecified atom stereocenters. The number of nitrogens with one attached hydrogen (secondary N) is 1. The number of hydrogen-bond acceptors (Lipinski definition) is 4. The molecule has 0 amide bonds. The molecule has 0 saturated carbocycles. The van der Waals surface area contributed by atoms with Gasteiger partial charge in [-0.25, -0.2) is 4.39 Å². The quantitative estimate of drug-likeness (QED) is 0.482. The number of ketones is 2. The van der Waals surface area contributed by atoms with Gasteiger partial charge in [0.1, 0.15) is 18.2 Å². The lowest BCUT2D eigenvalue weighted by molar-refractivity contribution is -0.119. The lowest BCUT2D eigenvalue weighted by atomic mass is 9.64. The maximum Gasteiger partial charge on any atom is 0.162 e. The molecule has 0 atom stereocenters. The summed E-state index contributed by atoms with van der Waals surface area (Å²) in [4.78, 5) is 26.8. The maximum atomic E-state index is 14.1. The number of Topliss-reactive ketones (excluding diaryl/α,β-unsaturated/α-hetero) is 2. The van der Waals surface area contributed by atoms with Crippen molar-refractivity contribution < 1.29 is 18.7 Å². The SMILES string of the molecule is CC1(C)CC(=O)C2=C(C1)NC1=C(C(=O)CC(C)(C)C1)C2c1ccc(OCc2c(F)cccc2Cl)cc1. The van der Waals surface area contributed by atoms with Crippen molar-refractivity contribution in [3.05, 3.63) is 87.0 Å². The summed E-state index contributed by atoms with van der Waals surface area (Å²) in [6, 6.07) is 12.0. The Morgan fingerprint density at radius 3 is 1.97 bits per heavy atom. The predicted molar refractivity (Wildman–Crippen MR) is 138 cm³/mol. The van der Waals surface area contributed by atoms with E-state index in [9.17, 15) is 14.0 Å². The summed E-state index contributed by atoms with van der Waals surface area (Å²) in [5, 5.41) is 3.85. The summed E-state index contributed by atoms with van der Waals surface area (Å²) in [5.74, 6) is -0.0544. The molecule has 1 N–H and O–H groups in total. The molecule has 5 rings (SSSR count). The molecule has 0 bridgehead atoms. The van der Waals surface area contributed by atoms with Crippen LogP contribution in [-0.2, 0) is 16.2 Å². The van der Waals surface area contributed by atoms with Crippen molar-refractivity contribution >= 4 is 23.2 Å². The zero-order chi connectivity index (χ0) is 25.8. The Bertz CT molecular complexity index is 1250. The van der Waals surface area contributed by atoms with Crippen LogP contribution in [0.2, 0.25) is 5.02 Å². The van der Waals surface area contributed by atoms with Crippen LogP contribution in [0.25, 0.3) is 0 Å². The molecule has 2 aliphatic carbocycles. The number of dihydropyridines is 1. The van der Waals surface area contributed by atoms with Gasteiger partial charge in [0.25, 0.3) is 0 Å². The van der Waals surface area contributed by atoms with E-state index < -0.39 is 11.7 Å². The van der Waals surface area contributed by atoms with Crippen LogP contribution in [0.15, 0.2) is 65.0 Å². The molecular weight excluding hydrogens is 477 g/mol. The van der Waals surface area contributed by atoms with E-state index in [1.165, 1.54) is 6.07 Å². The van der Waals surface area contributed by atoms with Gasteiger partial charge in [-0.3, -0.25) is 9.59 Å². The van der Waals surface area contributed by atoms with Crippen molar-refractivity contribution in [1.82, 2.24) is 5.32 Å². The first-order chi connectivity index (χ1) is 16.9. The van der Waals surface area contributed by atoms with Crippen molar-refractivity contribution in [1.29, 1.82) is 0 Å². The van der Waals surface area contributed by atoms with Crippen LogP contribution in [-0.4, -0.2) is 11.6 Å². The molecule has 2 aromatic carbocycles. The monoisotopic (exact) mass is 507 g/mol. The third kappa shape index (κ3) is 4.61. The van der Waals surface area contributed by atoms with Crippen LogP contribution in [0.5, 0.6) is 5.75 Å². The standard InChI is InChI=1S/C30H31ClFNO3/c1-29(2)12-22-27(24(34)14-29)26(28-23(33-22)13-30(3,4)15-25(28)35)17-8-10-18(11-9-17)36-16-19-20(31)6-5-7-21(19)32/h5-11,26,33H,12-16H2,1-4H3. The Labute approximate surface area is 216 Å². The van der Waals surface area contributed by atoms with Crippen molar-refractivity contribution in [3.8, 4) is 5.75 Å². The predicted octanol–water partition coefficient (Wildman–Crippen LogP) is 7.03. The van der Waals surface area contributed by atoms with E-state index in [-0.39, 0.29) is 29.0 Å². The van der Waals surface area contributed by atoms with Gasteiger partial charge in [-0.1, -0.05) is 57.5 Å². The van der Waals surface area contributed by atoms with Gasteiger partial charge in [0.15, 0.2) is 11.6 Å². The third-order valence-electron chi connectivity index (χ3n) is 7.38. The maximum absolute atomic E-state index is 14.1. The molecule has 0 saturated heterocycles. The molecule has 0 spiro atoms. The van der Waals surface area contributed by atoms with Crippen LogP contribution in [0.3, 0.4) is 0 Å². The molecular formula is C30H31ClFNO3. The fraction of sp³-hybridized carbons (Fsp3) is 0.400. The Kier molecular flexibility index (Phi) is 6.11. The molecule has 0 radical (unpaired) electrons. The minimum atomic E-state index is -0.412. The van der Waals surface area contributed by atoms with Crippen LogP contribution >= 0.6 is 11.6 Å². The molecule has 188 valence electrons. The molecule has 36 heavy (non-hydrogen) atoms. The number of ether oxygens (including phenoxy) is 1. The minimum absolute atomic E-state index is 0.00391. The van der Waals surface area contributed by atoms with Gasteiger partial charge in [-0.05, 0) is 53.5 Å². The fourth-order valence-electron chi connectivity index (χ4n) is 5.80. The van der Waals surface area contributed by atoms with E-state index in [0.717, 1.165) is 29.8 Å². The van der Waals surface area contributed by atoms with Gasteiger partial charge in [0.2, 0.25) is 0 Å². The van der Waals surface area contributed by atoms with Crippen LogP contribution in [0.4, 0.5) is 4.39 Å². The number of benzene rings is 2. The lowest BCUT2D eigenvalue weighted by Gasteiger charge is -2.44. The van der Waals surface area contributed by atoms with Crippen molar-refractivity contribution in [3.63, 3.8) is 0 Å². The summed E-state index contributed by atoms with van der Waals surface area (Å²) < 4.78 is 19.9. The average molecular weight is 508 g/mol. The fourth-order valence-corrected chi connectivity index (χ4v) is 6.02. The molecule has 3 aliphatic rings.